The molecule has 0 aliphatic carbocycles. The molecule has 1 saturated heterocycles. The third-order valence-electron chi connectivity index (χ3n) is 4.68. The molecule has 0 unspecified atom stereocenters. The summed E-state index contributed by atoms with van der Waals surface area (Å²) in [5.74, 6) is -0.226. The number of nitrogens with zero attached hydrogens (tertiary/aromatic N) is 3. The van der Waals surface area contributed by atoms with E-state index in [9.17, 15) is 10.1 Å². The fourth-order valence-corrected chi connectivity index (χ4v) is 3.33. The molecule has 1 amide bonds. The molecule has 5 heteroatoms. The Morgan fingerprint density at radius 3 is 2.58 bits per heavy atom. The van der Waals surface area contributed by atoms with E-state index in [2.05, 4.69) is 35.8 Å². The monoisotopic (exact) mass is 349 g/mol. The van der Waals surface area contributed by atoms with Gasteiger partial charge in [0.2, 0.25) is 0 Å². The average molecular weight is 349 g/mol. The van der Waals surface area contributed by atoms with Crippen LogP contribution in [-0.2, 0) is 9.53 Å². The van der Waals surface area contributed by atoms with Crippen LogP contribution in [0, 0.1) is 32.1 Å². The molecule has 1 aliphatic rings. The van der Waals surface area contributed by atoms with E-state index in [1.165, 1.54) is 5.56 Å². The van der Waals surface area contributed by atoms with Crippen LogP contribution in [0.15, 0.2) is 35.9 Å². The van der Waals surface area contributed by atoms with Crippen molar-refractivity contribution in [3.8, 4) is 11.8 Å². The van der Waals surface area contributed by atoms with Gasteiger partial charge in [0.1, 0.15) is 11.6 Å². The van der Waals surface area contributed by atoms with E-state index in [-0.39, 0.29) is 11.5 Å². The van der Waals surface area contributed by atoms with Gasteiger partial charge in [-0.25, -0.2) is 0 Å². The highest BCUT2D eigenvalue weighted by atomic mass is 16.5. The van der Waals surface area contributed by atoms with Crippen molar-refractivity contribution >= 4 is 12.0 Å². The number of hydrogen-bond acceptors (Lipinski definition) is 3. The number of hydrogen-bond donors (Lipinski definition) is 0. The quantitative estimate of drug-likeness (QED) is 0.632. The van der Waals surface area contributed by atoms with Gasteiger partial charge < -0.3 is 14.2 Å². The molecule has 1 aromatic heterocycles. The van der Waals surface area contributed by atoms with Gasteiger partial charge >= 0.3 is 0 Å². The van der Waals surface area contributed by atoms with Crippen LogP contribution < -0.4 is 0 Å². The summed E-state index contributed by atoms with van der Waals surface area (Å²) in [7, 11) is 0. The molecule has 0 saturated carbocycles. The molecule has 1 aromatic carbocycles. The van der Waals surface area contributed by atoms with Crippen LogP contribution >= 0.6 is 0 Å². The molecule has 1 fully saturated rings. The number of nitriles is 1. The minimum atomic E-state index is -0.226. The summed E-state index contributed by atoms with van der Waals surface area (Å²) in [4.78, 5) is 14.3. The van der Waals surface area contributed by atoms with Crippen molar-refractivity contribution in [1.82, 2.24) is 9.47 Å². The number of aryl methyl sites for hydroxylation is 2. The lowest BCUT2D eigenvalue weighted by Crippen LogP contribution is -2.41. The third-order valence-corrected chi connectivity index (χ3v) is 4.68. The van der Waals surface area contributed by atoms with E-state index in [4.69, 9.17) is 4.74 Å². The lowest BCUT2D eigenvalue weighted by molar-refractivity contribution is -0.130. The van der Waals surface area contributed by atoms with E-state index in [1.54, 1.807) is 11.0 Å². The maximum atomic E-state index is 12.6. The fourth-order valence-electron chi connectivity index (χ4n) is 3.33. The van der Waals surface area contributed by atoms with Gasteiger partial charge in [-0.2, -0.15) is 5.26 Å². The third kappa shape index (κ3) is 3.56. The van der Waals surface area contributed by atoms with Gasteiger partial charge in [-0.3, -0.25) is 4.79 Å². The molecular weight excluding hydrogens is 326 g/mol. The maximum absolute atomic E-state index is 12.6. The molecule has 134 valence electrons. The first-order chi connectivity index (χ1) is 12.5. The average Bonchev–Trinajstić information content (AvgIpc) is 2.93. The predicted octanol–water partition coefficient (Wildman–Crippen LogP) is 3.17. The number of rotatable bonds is 3. The van der Waals surface area contributed by atoms with Crippen LogP contribution in [0.2, 0.25) is 0 Å². The van der Waals surface area contributed by atoms with Crippen LogP contribution in [0.4, 0.5) is 0 Å². The van der Waals surface area contributed by atoms with Gasteiger partial charge in [-0.05, 0) is 56.2 Å². The molecule has 0 radical (unpaired) electrons. The fraction of sp³-hybridized carbons (Fsp3) is 0.333. The van der Waals surface area contributed by atoms with Gasteiger partial charge in [0.15, 0.2) is 0 Å². The molecule has 1 aliphatic heterocycles. The number of carbonyl (C=O) groups excluding carboxylic acids is 1. The number of aromatic nitrogens is 1. The van der Waals surface area contributed by atoms with Crippen LogP contribution in [0.5, 0.6) is 0 Å². The second-order valence-corrected chi connectivity index (χ2v) is 6.58. The lowest BCUT2D eigenvalue weighted by Gasteiger charge is -2.26. The van der Waals surface area contributed by atoms with E-state index in [0.717, 1.165) is 22.6 Å². The van der Waals surface area contributed by atoms with Crippen LogP contribution in [0.25, 0.3) is 11.8 Å². The maximum Gasteiger partial charge on any atom is 0.264 e. The highest BCUT2D eigenvalue weighted by Gasteiger charge is 2.21. The predicted molar refractivity (Wildman–Crippen MR) is 101 cm³/mol. The molecular formula is C21H23N3O2. The Kier molecular flexibility index (Phi) is 5.24. The van der Waals surface area contributed by atoms with Crippen molar-refractivity contribution < 1.29 is 9.53 Å². The van der Waals surface area contributed by atoms with Crippen molar-refractivity contribution in [2.75, 3.05) is 26.3 Å². The van der Waals surface area contributed by atoms with Crippen molar-refractivity contribution in [1.29, 1.82) is 5.26 Å². The van der Waals surface area contributed by atoms with E-state index in [0.29, 0.717) is 26.3 Å². The zero-order valence-corrected chi connectivity index (χ0v) is 15.5. The molecule has 0 N–H and O–H groups in total. The van der Waals surface area contributed by atoms with Crippen LogP contribution in [-0.4, -0.2) is 41.7 Å². The second kappa shape index (κ2) is 7.59. The molecule has 2 aromatic rings. The van der Waals surface area contributed by atoms with Gasteiger partial charge in [0, 0.05) is 30.2 Å². The lowest BCUT2D eigenvalue weighted by atomic mass is 10.1. The molecule has 2 heterocycles. The first kappa shape index (κ1) is 18.0. The highest BCUT2D eigenvalue weighted by Crippen LogP contribution is 2.23. The van der Waals surface area contributed by atoms with E-state index < -0.39 is 0 Å². The van der Waals surface area contributed by atoms with Crippen molar-refractivity contribution in [3.05, 3.63) is 58.4 Å². The summed E-state index contributed by atoms with van der Waals surface area (Å²) in [5.41, 5.74) is 5.40. The molecule has 0 bridgehead atoms. The summed E-state index contributed by atoms with van der Waals surface area (Å²) < 4.78 is 7.42. The van der Waals surface area contributed by atoms with Gasteiger partial charge in [0.05, 0.1) is 13.2 Å². The first-order valence-electron chi connectivity index (χ1n) is 8.76. The smallest absolute Gasteiger partial charge is 0.264 e. The number of amides is 1. The molecule has 26 heavy (non-hydrogen) atoms. The number of carbonyl (C=O) groups is 1. The Morgan fingerprint density at radius 1 is 1.19 bits per heavy atom. The normalized spacial score (nSPS) is 15.0. The van der Waals surface area contributed by atoms with Crippen molar-refractivity contribution in [3.63, 3.8) is 0 Å². The highest BCUT2D eigenvalue weighted by molar-refractivity contribution is 6.01. The standard InChI is InChI=1S/C21H23N3O2/c1-15-5-4-6-20(11-15)24-16(2)12-18(17(24)3)13-19(14-22)21(25)23-7-9-26-10-8-23/h4-6,11-13H,7-10H2,1-3H3/b19-13-. The van der Waals surface area contributed by atoms with Crippen molar-refractivity contribution in [2.45, 2.75) is 20.8 Å². The summed E-state index contributed by atoms with van der Waals surface area (Å²) >= 11 is 0. The SMILES string of the molecule is Cc1cccc(-n2c(C)cc(/C=C(/C#N)C(=O)N3CCOCC3)c2C)c1. The summed E-state index contributed by atoms with van der Waals surface area (Å²) in [6.45, 7) is 8.20. The Hall–Kier alpha value is -2.84. The minimum absolute atomic E-state index is 0.163. The molecule has 3 rings (SSSR count). The van der Waals surface area contributed by atoms with E-state index >= 15 is 0 Å². The zero-order chi connectivity index (χ0) is 18.7. The van der Waals surface area contributed by atoms with Gasteiger partial charge in [-0.1, -0.05) is 12.1 Å². The van der Waals surface area contributed by atoms with Crippen molar-refractivity contribution in [2.24, 2.45) is 0 Å². The zero-order valence-electron chi connectivity index (χ0n) is 15.5. The molecule has 5 nitrogen and oxygen atoms in total. The summed E-state index contributed by atoms with van der Waals surface area (Å²) in [5, 5.41) is 9.50. The summed E-state index contributed by atoms with van der Waals surface area (Å²) in [6.07, 6.45) is 1.70. The Balaban J connectivity index is 1.96. The first-order valence-corrected chi connectivity index (χ1v) is 8.76. The number of ether oxygens (including phenoxy) is 1. The van der Waals surface area contributed by atoms with Gasteiger partial charge in [0.25, 0.3) is 5.91 Å². The molecule has 0 atom stereocenters. The van der Waals surface area contributed by atoms with E-state index in [1.807, 2.05) is 26.0 Å². The Labute approximate surface area is 154 Å². The minimum Gasteiger partial charge on any atom is -0.378 e. The second-order valence-electron chi connectivity index (χ2n) is 6.58. The number of benzene rings is 1. The van der Waals surface area contributed by atoms with Crippen LogP contribution in [0.1, 0.15) is 22.5 Å². The topological polar surface area (TPSA) is 58.3 Å². The Bertz CT molecular complexity index is 896. The summed E-state index contributed by atoms with van der Waals surface area (Å²) in [6, 6.07) is 12.4. The van der Waals surface area contributed by atoms with Gasteiger partial charge in [-0.15, -0.1) is 0 Å². The number of morpholine rings is 1. The van der Waals surface area contributed by atoms with Crippen LogP contribution in [0.3, 0.4) is 0 Å². The largest absolute Gasteiger partial charge is 0.378 e. The molecule has 0 spiro atoms. The Morgan fingerprint density at radius 2 is 1.92 bits per heavy atom.